The molecule has 0 bridgehead atoms. The van der Waals surface area contributed by atoms with Gasteiger partial charge < -0.3 is 0 Å². The zero-order chi connectivity index (χ0) is 26.9. The number of nitriles is 3. The Morgan fingerprint density at radius 1 is 0.658 bits per heavy atom. The average molecular weight is 574 g/mol. The molecule has 0 spiro atoms. The van der Waals surface area contributed by atoms with Crippen LogP contribution >= 0.6 is 45.3 Å². The minimum Gasteiger partial charge on any atom is -0.192 e. The molecular formula is C31H31N3S4. The quantitative estimate of drug-likeness (QED) is 0.149. The molecule has 0 aliphatic heterocycles. The van der Waals surface area contributed by atoms with E-state index in [9.17, 15) is 15.8 Å². The van der Waals surface area contributed by atoms with E-state index in [2.05, 4.69) is 54.9 Å². The first-order valence-electron chi connectivity index (χ1n) is 13.3. The van der Waals surface area contributed by atoms with Crippen molar-refractivity contribution in [3.63, 3.8) is 0 Å². The van der Waals surface area contributed by atoms with Crippen LogP contribution in [0.25, 0.3) is 29.3 Å². The summed E-state index contributed by atoms with van der Waals surface area (Å²) in [6.45, 7) is 4.44. The van der Waals surface area contributed by atoms with Gasteiger partial charge in [-0.2, -0.15) is 15.8 Å². The average Bonchev–Trinajstić information content (AvgIpc) is 3.73. The molecule has 0 aliphatic carbocycles. The Morgan fingerprint density at radius 3 is 2.05 bits per heavy atom. The predicted molar refractivity (Wildman–Crippen MR) is 164 cm³/mol. The number of aryl methyl sites for hydroxylation is 2. The maximum Gasteiger partial charge on any atom is 0.102 e. The molecule has 4 aromatic rings. The van der Waals surface area contributed by atoms with E-state index in [0.717, 1.165) is 48.5 Å². The second-order valence-corrected chi connectivity index (χ2v) is 13.3. The molecule has 3 nitrogen and oxygen atoms in total. The van der Waals surface area contributed by atoms with Crippen LogP contribution < -0.4 is 0 Å². The van der Waals surface area contributed by atoms with Crippen LogP contribution in [0.4, 0.5) is 0 Å². The molecule has 0 aliphatic rings. The Kier molecular flexibility index (Phi) is 10.3. The van der Waals surface area contributed by atoms with Crippen LogP contribution in [0.2, 0.25) is 0 Å². The van der Waals surface area contributed by atoms with Gasteiger partial charge in [0, 0.05) is 14.6 Å². The van der Waals surface area contributed by atoms with Gasteiger partial charge in [0.05, 0.1) is 31.3 Å². The molecule has 194 valence electrons. The van der Waals surface area contributed by atoms with E-state index in [0.29, 0.717) is 16.7 Å². The first kappa shape index (κ1) is 28.3. The summed E-state index contributed by atoms with van der Waals surface area (Å²) < 4.78 is 0. The van der Waals surface area contributed by atoms with Crippen LogP contribution in [0.1, 0.15) is 93.0 Å². The summed E-state index contributed by atoms with van der Waals surface area (Å²) in [5.41, 5.74) is 4.11. The van der Waals surface area contributed by atoms with Crippen LogP contribution in [0.15, 0.2) is 29.0 Å². The maximum atomic E-state index is 10.1. The van der Waals surface area contributed by atoms with Gasteiger partial charge in [-0.15, -0.1) is 45.3 Å². The third-order valence-electron chi connectivity index (χ3n) is 6.66. The van der Waals surface area contributed by atoms with Gasteiger partial charge in [0.2, 0.25) is 0 Å². The summed E-state index contributed by atoms with van der Waals surface area (Å²) in [4.78, 5) is 5.74. The molecule has 4 rings (SSSR count). The highest BCUT2D eigenvalue weighted by molar-refractivity contribution is 7.28. The highest BCUT2D eigenvalue weighted by Crippen LogP contribution is 2.49. The molecule has 0 saturated carbocycles. The monoisotopic (exact) mass is 573 g/mol. The fourth-order valence-corrected chi connectivity index (χ4v) is 9.24. The molecule has 0 amide bonds. The SMILES string of the molecule is CCCCCCc1csc(-c2sc(-c3sc(-c4sccc4CCCCCC)c(C#N)c3C#N)cc2C#N)c1. The van der Waals surface area contributed by atoms with Crippen molar-refractivity contribution in [2.24, 2.45) is 0 Å². The second kappa shape index (κ2) is 13.9. The molecule has 0 fully saturated rings. The Bertz CT molecular complexity index is 1490. The maximum absolute atomic E-state index is 10.1. The predicted octanol–water partition coefficient (Wildman–Crippen LogP) is 10.8. The van der Waals surface area contributed by atoms with E-state index in [4.69, 9.17) is 0 Å². The van der Waals surface area contributed by atoms with Gasteiger partial charge in [-0.05, 0) is 65.8 Å². The summed E-state index contributed by atoms with van der Waals surface area (Å²) in [6, 6.07) is 13.3. The van der Waals surface area contributed by atoms with Crippen molar-refractivity contribution >= 4 is 45.3 Å². The van der Waals surface area contributed by atoms with E-state index in [1.54, 1.807) is 34.0 Å². The Balaban J connectivity index is 1.67. The van der Waals surface area contributed by atoms with Crippen LogP contribution in [0.3, 0.4) is 0 Å². The van der Waals surface area contributed by atoms with Gasteiger partial charge >= 0.3 is 0 Å². The Morgan fingerprint density at radius 2 is 1.37 bits per heavy atom. The minimum absolute atomic E-state index is 0.429. The van der Waals surface area contributed by atoms with Crippen LogP contribution in [0.5, 0.6) is 0 Å². The van der Waals surface area contributed by atoms with E-state index in [-0.39, 0.29) is 0 Å². The highest BCUT2D eigenvalue weighted by Gasteiger charge is 2.25. The number of rotatable bonds is 13. The summed E-state index contributed by atoms with van der Waals surface area (Å²) in [5.74, 6) is 0. The standard InChI is InChI=1S/C31H31N3S4/c1-3-5-7-9-11-21-15-26(36-20-21)28-23(17-32)16-27(37-28)30-24(18-33)25(19-34)31(38-30)29-22(13-14-35-29)12-10-8-6-4-2/h13-16,20H,3-12H2,1-2H3. The molecule has 0 saturated heterocycles. The highest BCUT2D eigenvalue weighted by atomic mass is 32.1. The van der Waals surface area contributed by atoms with Crippen molar-refractivity contribution in [1.82, 2.24) is 0 Å². The Labute approximate surface area is 242 Å². The van der Waals surface area contributed by atoms with Crippen molar-refractivity contribution in [2.45, 2.75) is 78.1 Å². The van der Waals surface area contributed by atoms with Crippen LogP contribution in [-0.4, -0.2) is 0 Å². The smallest absolute Gasteiger partial charge is 0.102 e. The van der Waals surface area contributed by atoms with E-state index in [1.165, 1.54) is 67.4 Å². The van der Waals surface area contributed by atoms with Crippen molar-refractivity contribution in [3.05, 3.63) is 56.8 Å². The molecule has 4 aromatic heterocycles. The van der Waals surface area contributed by atoms with E-state index < -0.39 is 0 Å². The molecule has 4 heterocycles. The second-order valence-electron chi connectivity index (χ2n) is 9.41. The largest absolute Gasteiger partial charge is 0.192 e. The normalized spacial score (nSPS) is 10.8. The van der Waals surface area contributed by atoms with Crippen molar-refractivity contribution in [2.75, 3.05) is 0 Å². The summed E-state index contributed by atoms with van der Waals surface area (Å²) in [7, 11) is 0. The number of nitrogens with zero attached hydrogens (tertiary/aromatic N) is 3. The van der Waals surface area contributed by atoms with Gasteiger partial charge in [-0.25, -0.2) is 0 Å². The van der Waals surface area contributed by atoms with Gasteiger partial charge in [0.15, 0.2) is 0 Å². The lowest BCUT2D eigenvalue weighted by Crippen LogP contribution is -1.87. The summed E-state index contributed by atoms with van der Waals surface area (Å²) in [5, 5.41) is 34.4. The first-order chi connectivity index (χ1) is 18.6. The molecule has 0 unspecified atom stereocenters. The fraction of sp³-hybridized carbons (Fsp3) is 0.387. The molecule has 0 aromatic carbocycles. The summed E-state index contributed by atoms with van der Waals surface area (Å²) >= 11 is 6.42. The number of unbranched alkanes of at least 4 members (excludes halogenated alkanes) is 6. The van der Waals surface area contributed by atoms with E-state index in [1.807, 2.05) is 6.07 Å². The Hall–Kier alpha value is -2.73. The van der Waals surface area contributed by atoms with Gasteiger partial charge in [-0.1, -0.05) is 52.4 Å². The fourth-order valence-electron chi connectivity index (χ4n) is 4.60. The van der Waals surface area contributed by atoms with Crippen LogP contribution in [-0.2, 0) is 12.8 Å². The third kappa shape index (κ3) is 6.28. The lowest BCUT2D eigenvalue weighted by molar-refractivity contribution is 0.667. The van der Waals surface area contributed by atoms with Gasteiger partial charge in [0.1, 0.15) is 18.2 Å². The molecule has 7 heteroatoms. The zero-order valence-corrected chi connectivity index (χ0v) is 25.2. The van der Waals surface area contributed by atoms with Gasteiger partial charge in [-0.3, -0.25) is 0 Å². The zero-order valence-electron chi connectivity index (χ0n) is 21.9. The molecule has 38 heavy (non-hydrogen) atoms. The number of hydrogen-bond acceptors (Lipinski definition) is 7. The van der Waals surface area contributed by atoms with Crippen molar-refractivity contribution in [1.29, 1.82) is 15.8 Å². The minimum atomic E-state index is 0.429. The lowest BCUT2D eigenvalue weighted by Gasteiger charge is -2.03. The summed E-state index contributed by atoms with van der Waals surface area (Å²) in [6.07, 6.45) is 11.8. The number of thiophene rings is 4. The van der Waals surface area contributed by atoms with Crippen LogP contribution in [0, 0.1) is 34.0 Å². The third-order valence-corrected chi connectivity index (χ3v) is 11.4. The van der Waals surface area contributed by atoms with Crippen molar-refractivity contribution < 1.29 is 0 Å². The molecular weight excluding hydrogens is 543 g/mol. The molecule has 0 radical (unpaired) electrons. The first-order valence-corrected chi connectivity index (χ1v) is 16.7. The lowest BCUT2D eigenvalue weighted by atomic mass is 10.0. The van der Waals surface area contributed by atoms with Gasteiger partial charge in [0.25, 0.3) is 0 Å². The van der Waals surface area contributed by atoms with Crippen molar-refractivity contribution in [3.8, 4) is 47.5 Å². The molecule has 0 N–H and O–H groups in total. The molecule has 0 atom stereocenters. The van der Waals surface area contributed by atoms with E-state index >= 15 is 0 Å². The topological polar surface area (TPSA) is 71.4 Å². The number of hydrogen-bond donors (Lipinski definition) is 0.